The summed E-state index contributed by atoms with van der Waals surface area (Å²) in [5.74, 6) is 1.11. The molecule has 1 atom stereocenters. The van der Waals surface area contributed by atoms with E-state index in [1.54, 1.807) is 7.11 Å². The molecule has 12 heavy (non-hydrogen) atoms. The second-order valence-electron chi connectivity index (χ2n) is 3.43. The smallest absolute Gasteiger partial charge is 0.150 e. The van der Waals surface area contributed by atoms with Crippen molar-refractivity contribution in [1.82, 2.24) is 0 Å². The molecule has 0 bridgehead atoms. The summed E-state index contributed by atoms with van der Waals surface area (Å²) in [6.07, 6.45) is 1.72. The monoisotopic (exact) mass is 192 g/mol. The molecule has 0 aliphatic carbocycles. The predicted octanol–water partition coefficient (Wildman–Crippen LogP) is 0.846. The number of methoxy groups -OCH3 is 1. The SMILES string of the molecule is COC(C)C1CCS(=O)(=O)CC1. The number of ether oxygens (including phenoxy) is 1. The van der Waals surface area contributed by atoms with Crippen molar-refractivity contribution in [3.05, 3.63) is 0 Å². The van der Waals surface area contributed by atoms with Gasteiger partial charge in [0.1, 0.15) is 9.84 Å². The van der Waals surface area contributed by atoms with Gasteiger partial charge in [0.05, 0.1) is 17.6 Å². The molecule has 0 N–H and O–H groups in total. The highest BCUT2D eigenvalue weighted by Gasteiger charge is 2.26. The molecular weight excluding hydrogens is 176 g/mol. The molecule has 0 saturated carbocycles. The molecule has 1 aliphatic rings. The van der Waals surface area contributed by atoms with E-state index in [-0.39, 0.29) is 6.10 Å². The van der Waals surface area contributed by atoms with Gasteiger partial charge in [-0.1, -0.05) is 0 Å². The van der Waals surface area contributed by atoms with E-state index in [0.29, 0.717) is 17.4 Å². The summed E-state index contributed by atoms with van der Waals surface area (Å²) in [6.45, 7) is 2.00. The first kappa shape index (κ1) is 9.99. The van der Waals surface area contributed by atoms with Gasteiger partial charge in [-0.2, -0.15) is 0 Å². The molecule has 0 radical (unpaired) electrons. The van der Waals surface area contributed by atoms with Gasteiger partial charge in [0, 0.05) is 7.11 Å². The Hall–Kier alpha value is -0.0900. The predicted molar refractivity (Wildman–Crippen MR) is 47.8 cm³/mol. The Labute approximate surface area is 74.0 Å². The molecule has 1 saturated heterocycles. The number of hydrogen-bond donors (Lipinski definition) is 0. The van der Waals surface area contributed by atoms with Crippen molar-refractivity contribution in [3.63, 3.8) is 0 Å². The Balaban J connectivity index is 2.46. The van der Waals surface area contributed by atoms with E-state index < -0.39 is 9.84 Å². The number of hydrogen-bond acceptors (Lipinski definition) is 3. The van der Waals surface area contributed by atoms with Gasteiger partial charge in [-0.25, -0.2) is 8.42 Å². The minimum atomic E-state index is -2.71. The maximum Gasteiger partial charge on any atom is 0.150 e. The fourth-order valence-electron chi connectivity index (χ4n) is 1.57. The zero-order chi connectivity index (χ0) is 9.19. The number of sulfone groups is 1. The summed E-state index contributed by atoms with van der Waals surface area (Å²) in [6, 6.07) is 0. The lowest BCUT2D eigenvalue weighted by molar-refractivity contribution is 0.0627. The topological polar surface area (TPSA) is 43.4 Å². The first-order valence-corrected chi connectivity index (χ1v) is 6.10. The minimum absolute atomic E-state index is 0.195. The highest BCUT2D eigenvalue weighted by molar-refractivity contribution is 7.91. The van der Waals surface area contributed by atoms with Crippen molar-refractivity contribution < 1.29 is 13.2 Å². The van der Waals surface area contributed by atoms with Crippen molar-refractivity contribution in [2.45, 2.75) is 25.9 Å². The van der Waals surface area contributed by atoms with Crippen LogP contribution in [-0.2, 0) is 14.6 Å². The van der Waals surface area contributed by atoms with Gasteiger partial charge in [-0.3, -0.25) is 0 Å². The Morgan fingerprint density at radius 1 is 1.33 bits per heavy atom. The maximum atomic E-state index is 11.1. The highest BCUT2D eigenvalue weighted by atomic mass is 32.2. The zero-order valence-corrected chi connectivity index (χ0v) is 8.43. The minimum Gasteiger partial charge on any atom is -0.381 e. The normalized spacial score (nSPS) is 26.8. The lowest BCUT2D eigenvalue weighted by Crippen LogP contribution is -2.30. The summed E-state index contributed by atoms with van der Waals surface area (Å²) in [5.41, 5.74) is 0. The van der Waals surface area contributed by atoms with E-state index in [0.717, 1.165) is 12.8 Å². The van der Waals surface area contributed by atoms with Crippen LogP contribution in [-0.4, -0.2) is 33.1 Å². The molecule has 4 heteroatoms. The van der Waals surface area contributed by atoms with Gasteiger partial charge < -0.3 is 4.74 Å². The van der Waals surface area contributed by atoms with Gasteiger partial charge in [0.25, 0.3) is 0 Å². The average molecular weight is 192 g/mol. The van der Waals surface area contributed by atoms with Crippen LogP contribution in [0.5, 0.6) is 0 Å². The zero-order valence-electron chi connectivity index (χ0n) is 7.62. The van der Waals surface area contributed by atoms with Gasteiger partial charge in [0.2, 0.25) is 0 Å². The van der Waals surface area contributed by atoms with E-state index in [9.17, 15) is 8.42 Å². The standard InChI is InChI=1S/C8H16O3S/c1-7(11-2)8-3-5-12(9,10)6-4-8/h7-8H,3-6H2,1-2H3. The summed E-state index contributed by atoms with van der Waals surface area (Å²) >= 11 is 0. The third-order valence-corrected chi connectivity index (χ3v) is 4.35. The molecule has 0 amide bonds. The molecule has 3 nitrogen and oxygen atoms in total. The van der Waals surface area contributed by atoms with E-state index in [4.69, 9.17) is 4.74 Å². The Bertz CT molecular complexity index is 219. The lowest BCUT2D eigenvalue weighted by Gasteiger charge is -2.26. The largest absolute Gasteiger partial charge is 0.381 e. The fraction of sp³-hybridized carbons (Fsp3) is 1.00. The Kier molecular flexibility index (Phi) is 3.12. The van der Waals surface area contributed by atoms with Gasteiger partial charge in [0.15, 0.2) is 0 Å². The summed E-state index contributed by atoms with van der Waals surface area (Å²) in [7, 11) is -1.04. The van der Waals surface area contributed by atoms with Crippen LogP contribution < -0.4 is 0 Å². The van der Waals surface area contributed by atoms with Crippen LogP contribution >= 0.6 is 0 Å². The summed E-state index contributed by atoms with van der Waals surface area (Å²) in [5, 5.41) is 0. The average Bonchev–Trinajstić information content (AvgIpc) is 2.03. The molecule has 1 fully saturated rings. The summed E-state index contributed by atoms with van der Waals surface area (Å²) < 4.78 is 27.3. The van der Waals surface area contributed by atoms with Gasteiger partial charge in [-0.05, 0) is 25.7 Å². The first-order valence-electron chi connectivity index (χ1n) is 4.28. The molecule has 0 spiro atoms. The quantitative estimate of drug-likeness (QED) is 0.651. The molecule has 0 aromatic heterocycles. The second kappa shape index (κ2) is 3.75. The van der Waals surface area contributed by atoms with E-state index in [1.807, 2.05) is 6.92 Å². The molecule has 1 heterocycles. The second-order valence-corrected chi connectivity index (χ2v) is 5.73. The highest BCUT2D eigenvalue weighted by Crippen LogP contribution is 2.23. The third-order valence-electron chi connectivity index (χ3n) is 2.63. The summed E-state index contributed by atoms with van der Waals surface area (Å²) in [4.78, 5) is 0. The molecule has 1 rings (SSSR count). The van der Waals surface area contributed by atoms with Crippen LogP contribution in [0.4, 0.5) is 0 Å². The van der Waals surface area contributed by atoms with Crippen LogP contribution in [0.25, 0.3) is 0 Å². The molecular formula is C8H16O3S. The van der Waals surface area contributed by atoms with Gasteiger partial charge in [-0.15, -0.1) is 0 Å². The lowest BCUT2D eigenvalue weighted by atomic mass is 9.97. The van der Waals surface area contributed by atoms with Crippen LogP contribution in [0.3, 0.4) is 0 Å². The maximum absolute atomic E-state index is 11.1. The first-order chi connectivity index (χ1) is 5.55. The van der Waals surface area contributed by atoms with Crippen LogP contribution in [0.1, 0.15) is 19.8 Å². The Morgan fingerprint density at radius 2 is 1.83 bits per heavy atom. The van der Waals surface area contributed by atoms with E-state index >= 15 is 0 Å². The molecule has 72 valence electrons. The van der Waals surface area contributed by atoms with Crippen molar-refractivity contribution in [3.8, 4) is 0 Å². The molecule has 1 aliphatic heterocycles. The van der Waals surface area contributed by atoms with Crippen molar-refractivity contribution in [2.75, 3.05) is 18.6 Å². The van der Waals surface area contributed by atoms with E-state index in [1.165, 1.54) is 0 Å². The van der Waals surface area contributed by atoms with Crippen molar-refractivity contribution >= 4 is 9.84 Å². The molecule has 0 aromatic rings. The van der Waals surface area contributed by atoms with E-state index in [2.05, 4.69) is 0 Å². The van der Waals surface area contributed by atoms with Crippen LogP contribution in [0.15, 0.2) is 0 Å². The third kappa shape index (κ3) is 2.45. The molecule has 0 aromatic carbocycles. The fourth-order valence-corrected chi connectivity index (χ4v) is 3.10. The Morgan fingerprint density at radius 3 is 2.25 bits per heavy atom. The van der Waals surface area contributed by atoms with Gasteiger partial charge >= 0.3 is 0 Å². The van der Waals surface area contributed by atoms with Crippen LogP contribution in [0.2, 0.25) is 0 Å². The molecule has 1 unspecified atom stereocenters. The van der Waals surface area contributed by atoms with Crippen molar-refractivity contribution in [2.24, 2.45) is 5.92 Å². The van der Waals surface area contributed by atoms with Crippen molar-refractivity contribution in [1.29, 1.82) is 0 Å². The van der Waals surface area contributed by atoms with Crippen LogP contribution in [0, 0.1) is 5.92 Å². The number of rotatable bonds is 2.